The van der Waals surface area contributed by atoms with E-state index in [9.17, 15) is 4.79 Å². The largest absolute Gasteiger partial charge is 0.341 e. The summed E-state index contributed by atoms with van der Waals surface area (Å²) in [4.78, 5) is 18.4. The molecule has 2 N–H and O–H groups in total. The zero-order valence-corrected chi connectivity index (χ0v) is 13.1. The standard InChI is InChI=1S/C16H23N3OS/c17-14-5-4-13(11-14)16(20)19-7-2-6-18(8-9-19)12-15-3-1-10-21-15/h1,3-5,10,13-14H,2,6-9,11-12,17H2. The first-order valence-electron chi connectivity index (χ1n) is 7.70. The molecule has 4 nitrogen and oxygen atoms in total. The molecule has 5 heteroatoms. The molecule has 0 aromatic carbocycles. The van der Waals surface area contributed by atoms with Crippen LogP contribution in [0.2, 0.25) is 0 Å². The van der Waals surface area contributed by atoms with E-state index < -0.39 is 0 Å². The molecule has 0 spiro atoms. The van der Waals surface area contributed by atoms with Crippen LogP contribution in [0.5, 0.6) is 0 Å². The van der Waals surface area contributed by atoms with Gasteiger partial charge in [-0.05, 0) is 24.3 Å². The monoisotopic (exact) mass is 305 g/mol. The van der Waals surface area contributed by atoms with Gasteiger partial charge in [0.1, 0.15) is 0 Å². The summed E-state index contributed by atoms with van der Waals surface area (Å²) >= 11 is 1.81. The van der Waals surface area contributed by atoms with Crippen LogP contribution in [0.25, 0.3) is 0 Å². The first-order chi connectivity index (χ1) is 10.2. The van der Waals surface area contributed by atoms with Gasteiger partial charge in [-0.1, -0.05) is 18.2 Å². The van der Waals surface area contributed by atoms with Gasteiger partial charge in [-0.3, -0.25) is 9.69 Å². The van der Waals surface area contributed by atoms with Crippen molar-refractivity contribution < 1.29 is 4.79 Å². The number of nitrogens with two attached hydrogens (primary N) is 1. The SMILES string of the molecule is NC1C=CC(C(=O)N2CCCN(Cc3cccs3)CC2)C1. The van der Waals surface area contributed by atoms with Crippen molar-refractivity contribution in [3.63, 3.8) is 0 Å². The van der Waals surface area contributed by atoms with Crippen LogP contribution in [0.3, 0.4) is 0 Å². The van der Waals surface area contributed by atoms with Crippen molar-refractivity contribution >= 4 is 17.2 Å². The summed E-state index contributed by atoms with van der Waals surface area (Å²) < 4.78 is 0. The highest BCUT2D eigenvalue weighted by atomic mass is 32.1. The minimum Gasteiger partial charge on any atom is -0.341 e. The number of thiophene rings is 1. The minimum absolute atomic E-state index is 0.00356. The summed E-state index contributed by atoms with van der Waals surface area (Å²) in [6, 6.07) is 4.34. The van der Waals surface area contributed by atoms with E-state index in [0.717, 1.165) is 45.6 Å². The second-order valence-electron chi connectivity index (χ2n) is 5.93. The second kappa shape index (κ2) is 6.73. The van der Waals surface area contributed by atoms with E-state index in [1.165, 1.54) is 4.88 Å². The molecule has 0 bridgehead atoms. The summed E-state index contributed by atoms with van der Waals surface area (Å²) in [6.45, 7) is 4.75. The van der Waals surface area contributed by atoms with Gasteiger partial charge in [0.25, 0.3) is 0 Å². The number of hydrogen-bond donors (Lipinski definition) is 1. The molecule has 2 heterocycles. The Hall–Kier alpha value is -1.17. The Labute approximate surface area is 130 Å². The van der Waals surface area contributed by atoms with Gasteiger partial charge in [0.05, 0.1) is 5.92 Å². The number of nitrogens with zero attached hydrogens (tertiary/aromatic N) is 2. The molecule has 1 saturated heterocycles. The molecule has 0 saturated carbocycles. The lowest BCUT2D eigenvalue weighted by Crippen LogP contribution is -2.38. The number of rotatable bonds is 3. The molecule has 2 aliphatic rings. The minimum atomic E-state index is 0.00356. The highest BCUT2D eigenvalue weighted by molar-refractivity contribution is 7.09. The Morgan fingerprint density at radius 3 is 2.90 bits per heavy atom. The highest BCUT2D eigenvalue weighted by Crippen LogP contribution is 2.20. The quantitative estimate of drug-likeness (QED) is 0.865. The van der Waals surface area contributed by atoms with E-state index in [-0.39, 0.29) is 17.9 Å². The zero-order chi connectivity index (χ0) is 14.7. The average molecular weight is 305 g/mol. The van der Waals surface area contributed by atoms with Crippen molar-refractivity contribution in [2.24, 2.45) is 11.7 Å². The maximum atomic E-state index is 12.5. The van der Waals surface area contributed by atoms with Crippen molar-refractivity contribution in [3.8, 4) is 0 Å². The number of carbonyl (C=O) groups excluding carboxylic acids is 1. The van der Waals surface area contributed by atoms with Crippen LogP contribution in [-0.4, -0.2) is 47.9 Å². The molecule has 2 atom stereocenters. The fourth-order valence-corrected chi connectivity index (χ4v) is 3.86. The first kappa shape index (κ1) is 14.8. The molecule has 1 aliphatic carbocycles. The average Bonchev–Trinajstić information content (AvgIpc) is 3.07. The smallest absolute Gasteiger partial charge is 0.229 e. The summed E-state index contributed by atoms with van der Waals surface area (Å²) in [5.41, 5.74) is 5.86. The summed E-state index contributed by atoms with van der Waals surface area (Å²) in [7, 11) is 0. The Kier molecular flexibility index (Phi) is 4.73. The van der Waals surface area contributed by atoms with Crippen LogP contribution < -0.4 is 5.73 Å². The number of carbonyl (C=O) groups is 1. The third kappa shape index (κ3) is 3.73. The van der Waals surface area contributed by atoms with E-state index in [2.05, 4.69) is 22.4 Å². The van der Waals surface area contributed by atoms with E-state index in [1.807, 2.05) is 17.1 Å². The van der Waals surface area contributed by atoms with Crippen molar-refractivity contribution in [1.29, 1.82) is 0 Å². The lowest BCUT2D eigenvalue weighted by atomic mass is 10.1. The van der Waals surface area contributed by atoms with Gasteiger partial charge in [-0.25, -0.2) is 0 Å². The molecule has 1 fully saturated rings. The lowest BCUT2D eigenvalue weighted by Gasteiger charge is -2.24. The molecule has 2 unspecified atom stereocenters. The Morgan fingerprint density at radius 1 is 1.29 bits per heavy atom. The van der Waals surface area contributed by atoms with Crippen molar-refractivity contribution in [1.82, 2.24) is 9.80 Å². The molecular weight excluding hydrogens is 282 g/mol. The molecule has 21 heavy (non-hydrogen) atoms. The molecule has 1 aromatic rings. The highest BCUT2D eigenvalue weighted by Gasteiger charge is 2.28. The van der Waals surface area contributed by atoms with Gasteiger partial charge in [0.2, 0.25) is 5.91 Å². The first-order valence-corrected chi connectivity index (χ1v) is 8.58. The molecule has 114 valence electrons. The van der Waals surface area contributed by atoms with Gasteiger partial charge in [0, 0.05) is 43.6 Å². The van der Waals surface area contributed by atoms with Gasteiger partial charge < -0.3 is 10.6 Å². The third-order valence-corrected chi connectivity index (χ3v) is 5.15. The Bertz CT molecular complexity index is 500. The molecule has 1 aromatic heterocycles. The topological polar surface area (TPSA) is 49.6 Å². The van der Waals surface area contributed by atoms with E-state index in [0.29, 0.717) is 0 Å². The predicted molar refractivity (Wildman–Crippen MR) is 86.0 cm³/mol. The van der Waals surface area contributed by atoms with Gasteiger partial charge in [-0.15, -0.1) is 11.3 Å². The van der Waals surface area contributed by atoms with Crippen LogP contribution in [0.1, 0.15) is 17.7 Å². The normalized spacial score (nSPS) is 27.0. The van der Waals surface area contributed by atoms with Crippen LogP contribution in [-0.2, 0) is 11.3 Å². The van der Waals surface area contributed by atoms with Crippen LogP contribution >= 0.6 is 11.3 Å². The van der Waals surface area contributed by atoms with Crippen LogP contribution in [0.4, 0.5) is 0 Å². The lowest BCUT2D eigenvalue weighted by molar-refractivity contribution is -0.133. The fraction of sp³-hybridized carbons (Fsp3) is 0.562. The number of amides is 1. The van der Waals surface area contributed by atoms with Gasteiger partial charge >= 0.3 is 0 Å². The Balaban J connectivity index is 1.53. The third-order valence-electron chi connectivity index (χ3n) is 4.29. The van der Waals surface area contributed by atoms with E-state index >= 15 is 0 Å². The van der Waals surface area contributed by atoms with E-state index in [1.54, 1.807) is 11.3 Å². The molecule has 1 amide bonds. The maximum absolute atomic E-state index is 12.5. The molecule has 0 radical (unpaired) electrons. The predicted octanol–water partition coefficient (Wildman–Crippen LogP) is 1.69. The van der Waals surface area contributed by atoms with Crippen molar-refractivity contribution in [2.45, 2.75) is 25.4 Å². The number of hydrogen-bond acceptors (Lipinski definition) is 4. The van der Waals surface area contributed by atoms with Gasteiger partial charge in [0.15, 0.2) is 0 Å². The summed E-state index contributed by atoms with van der Waals surface area (Å²) in [5.74, 6) is 0.265. The Morgan fingerprint density at radius 2 is 2.19 bits per heavy atom. The maximum Gasteiger partial charge on any atom is 0.229 e. The van der Waals surface area contributed by atoms with Crippen molar-refractivity contribution in [3.05, 3.63) is 34.5 Å². The fourth-order valence-electron chi connectivity index (χ4n) is 3.12. The summed E-state index contributed by atoms with van der Waals surface area (Å²) in [6.07, 6.45) is 5.78. The van der Waals surface area contributed by atoms with Gasteiger partial charge in [-0.2, -0.15) is 0 Å². The van der Waals surface area contributed by atoms with Crippen LogP contribution in [0, 0.1) is 5.92 Å². The van der Waals surface area contributed by atoms with Crippen LogP contribution in [0.15, 0.2) is 29.7 Å². The zero-order valence-electron chi connectivity index (χ0n) is 12.3. The second-order valence-corrected chi connectivity index (χ2v) is 6.96. The van der Waals surface area contributed by atoms with E-state index in [4.69, 9.17) is 5.73 Å². The van der Waals surface area contributed by atoms with Crippen molar-refractivity contribution in [2.75, 3.05) is 26.2 Å². The molecule has 3 rings (SSSR count). The summed E-state index contributed by atoms with van der Waals surface area (Å²) in [5, 5.41) is 2.12. The molecule has 1 aliphatic heterocycles. The molecular formula is C16H23N3OS.